The molecule has 5 heteroatoms. The van der Waals surface area contributed by atoms with Gasteiger partial charge in [-0.2, -0.15) is 0 Å². The van der Waals surface area contributed by atoms with Crippen LogP contribution < -0.4 is 0 Å². The zero-order chi connectivity index (χ0) is 19.3. The van der Waals surface area contributed by atoms with Crippen LogP contribution in [-0.4, -0.2) is 31.4 Å². The van der Waals surface area contributed by atoms with E-state index in [4.69, 9.17) is 4.99 Å². The standard InChI is InChI=1S/C22H30N4S/c1-7-17-12-27-22-24-20(18-10-8-9-11-23-18)21(26(17)22)19-14(4)15(5)25(13(2)3)16(19)6/h8-11,13,17,20-21H,7,12H2,1-6H3. The second-order valence-corrected chi connectivity index (χ2v) is 9.00. The van der Waals surface area contributed by atoms with Crippen LogP contribution in [0.2, 0.25) is 0 Å². The van der Waals surface area contributed by atoms with Crippen molar-refractivity contribution in [3.63, 3.8) is 0 Å². The largest absolute Gasteiger partial charge is 0.346 e. The predicted molar refractivity (Wildman–Crippen MR) is 115 cm³/mol. The zero-order valence-corrected chi connectivity index (χ0v) is 18.0. The normalized spacial score (nSPS) is 24.6. The maximum Gasteiger partial charge on any atom is 0.160 e. The summed E-state index contributed by atoms with van der Waals surface area (Å²) in [4.78, 5) is 12.5. The van der Waals surface area contributed by atoms with Crippen LogP contribution in [0.15, 0.2) is 29.4 Å². The van der Waals surface area contributed by atoms with Gasteiger partial charge in [0.1, 0.15) is 6.04 Å². The molecule has 0 saturated carbocycles. The summed E-state index contributed by atoms with van der Waals surface area (Å²) < 4.78 is 2.49. The molecule has 4 rings (SSSR count). The van der Waals surface area contributed by atoms with Crippen LogP contribution in [0.25, 0.3) is 0 Å². The Morgan fingerprint density at radius 3 is 2.56 bits per heavy atom. The molecule has 2 aromatic rings. The van der Waals surface area contributed by atoms with Crippen molar-refractivity contribution in [1.29, 1.82) is 0 Å². The Morgan fingerprint density at radius 1 is 1.19 bits per heavy atom. The molecule has 0 bridgehead atoms. The molecular formula is C22H30N4S. The highest BCUT2D eigenvalue weighted by molar-refractivity contribution is 8.14. The van der Waals surface area contributed by atoms with Crippen LogP contribution in [0.4, 0.5) is 0 Å². The third kappa shape index (κ3) is 2.82. The van der Waals surface area contributed by atoms with Crippen molar-refractivity contribution in [2.75, 3.05) is 5.75 Å². The van der Waals surface area contributed by atoms with E-state index in [1.807, 2.05) is 24.0 Å². The van der Waals surface area contributed by atoms with Gasteiger partial charge in [-0.1, -0.05) is 24.8 Å². The van der Waals surface area contributed by atoms with Crippen molar-refractivity contribution in [3.8, 4) is 0 Å². The lowest BCUT2D eigenvalue weighted by Gasteiger charge is -2.32. The minimum atomic E-state index is 0.0721. The van der Waals surface area contributed by atoms with Gasteiger partial charge in [0.2, 0.25) is 0 Å². The minimum absolute atomic E-state index is 0.0721. The number of aliphatic imine (C=N–C) groups is 1. The van der Waals surface area contributed by atoms with Gasteiger partial charge < -0.3 is 9.47 Å². The smallest absolute Gasteiger partial charge is 0.160 e. The first-order chi connectivity index (χ1) is 13.0. The minimum Gasteiger partial charge on any atom is -0.346 e. The Balaban J connectivity index is 1.89. The van der Waals surface area contributed by atoms with E-state index in [1.165, 1.54) is 27.7 Å². The molecular weight excluding hydrogens is 352 g/mol. The lowest BCUT2D eigenvalue weighted by molar-refractivity contribution is 0.253. The number of hydrogen-bond acceptors (Lipinski definition) is 4. The van der Waals surface area contributed by atoms with Gasteiger partial charge in [0, 0.05) is 41.0 Å². The van der Waals surface area contributed by atoms with Crippen molar-refractivity contribution in [2.24, 2.45) is 4.99 Å². The van der Waals surface area contributed by atoms with E-state index in [0.29, 0.717) is 12.1 Å². The highest BCUT2D eigenvalue weighted by atomic mass is 32.2. The van der Waals surface area contributed by atoms with Gasteiger partial charge in [0.25, 0.3) is 0 Å². The van der Waals surface area contributed by atoms with Gasteiger partial charge in [-0.3, -0.25) is 9.98 Å². The summed E-state index contributed by atoms with van der Waals surface area (Å²) >= 11 is 1.91. The number of amidine groups is 1. The first-order valence-corrected chi connectivity index (χ1v) is 11.0. The van der Waals surface area contributed by atoms with Gasteiger partial charge in [-0.25, -0.2) is 0 Å². The average Bonchev–Trinajstić information content (AvgIpc) is 3.27. The van der Waals surface area contributed by atoms with Gasteiger partial charge in [-0.05, 0) is 58.7 Å². The van der Waals surface area contributed by atoms with Crippen molar-refractivity contribution in [3.05, 3.63) is 52.6 Å². The lowest BCUT2D eigenvalue weighted by atomic mass is 9.92. The van der Waals surface area contributed by atoms with E-state index in [-0.39, 0.29) is 12.1 Å². The first-order valence-electron chi connectivity index (χ1n) is 10.0. The fourth-order valence-electron chi connectivity index (χ4n) is 4.90. The third-order valence-electron chi connectivity index (χ3n) is 6.20. The SMILES string of the molecule is CCC1CSC2=NC(c3ccccn3)C(c3c(C)c(C)n(C(C)C)c3C)N21. The van der Waals surface area contributed by atoms with Crippen LogP contribution >= 0.6 is 11.8 Å². The topological polar surface area (TPSA) is 33.4 Å². The number of hydrogen-bond donors (Lipinski definition) is 0. The number of nitrogens with zero attached hydrogens (tertiary/aromatic N) is 4. The molecule has 2 aliphatic heterocycles. The maximum atomic E-state index is 5.18. The van der Waals surface area contributed by atoms with E-state index in [9.17, 15) is 0 Å². The number of fused-ring (bicyclic) bond motifs is 1. The Bertz CT molecular complexity index is 868. The van der Waals surface area contributed by atoms with Crippen LogP contribution in [0, 0.1) is 20.8 Å². The Labute approximate surface area is 167 Å². The van der Waals surface area contributed by atoms with Crippen LogP contribution in [-0.2, 0) is 0 Å². The molecule has 0 N–H and O–H groups in total. The highest BCUT2D eigenvalue weighted by Gasteiger charge is 2.47. The van der Waals surface area contributed by atoms with Crippen molar-refractivity contribution >= 4 is 16.9 Å². The summed E-state index contributed by atoms with van der Waals surface area (Å²) in [6.07, 6.45) is 3.05. The molecule has 0 spiro atoms. The molecule has 3 unspecified atom stereocenters. The van der Waals surface area contributed by atoms with Gasteiger partial charge in [0.05, 0.1) is 11.7 Å². The van der Waals surface area contributed by atoms with Crippen LogP contribution in [0.3, 0.4) is 0 Å². The molecule has 144 valence electrons. The summed E-state index contributed by atoms with van der Waals surface area (Å²) in [5.74, 6) is 1.14. The molecule has 0 aromatic carbocycles. The summed E-state index contributed by atoms with van der Waals surface area (Å²) in [6.45, 7) is 13.7. The fourth-order valence-corrected chi connectivity index (χ4v) is 6.24. The summed E-state index contributed by atoms with van der Waals surface area (Å²) in [5, 5.41) is 1.20. The monoisotopic (exact) mass is 382 g/mol. The van der Waals surface area contributed by atoms with E-state index < -0.39 is 0 Å². The van der Waals surface area contributed by atoms with E-state index >= 15 is 0 Å². The number of thioether (sulfide) groups is 1. The van der Waals surface area contributed by atoms with E-state index in [0.717, 1.165) is 17.9 Å². The lowest BCUT2D eigenvalue weighted by Crippen LogP contribution is -2.35. The third-order valence-corrected chi connectivity index (χ3v) is 7.33. The quantitative estimate of drug-likeness (QED) is 0.713. The molecule has 0 amide bonds. The highest BCUT2D eigenvalue weighted by Crippen LogP contribution is 2.50. The van der Waals surface area contributed by atoms with Crippen LogP contribution in [0.5, 0.6) is 0 Å². The van der Waals surface area contributed by atoms with Crippen molar-refractivity contribution in [2.45, 2.75) is 72.1 Å². The van der Waals surface area contributed by atoms with E-state index in [2.05, 4.69) is 68.1 Å². The molecule has 4 nitrogen and oxygen atoms in total. The second-order valence-electron chi connectivity index (χ2n) is 8.01. The summed E-state index contributed by atoms with van der Waals surface area (Å²) in [7, 11) is 0. The van der Waals surface area contributed by atoms with Gasteiger partial charge in [-0.15, -0.1) is 0 Å². The fraction of sp³-hybridized carbons (Fsp3) is 0.545. The number of rotatable bonds is 4. The first kappa shape index (κ1) is 18.6. The summed E-state index contributed by atoms with van der Waals surface area (Å²) in [6, 6.07) is 7.53. The van der Waals surface area contributed by atoms with Gasteiger partial charge >= 0.3 is 0 Å². The second kappa shape index (κ2) is 7.01. The predicted octanol–water partition coefficient (Wildman–Crippen LogP) is 5.37. The maximum absolute atomic E-state index is 5.18. The van der Waals surface area contributed by atoms with Crippen LogP contribution in [0.1, 0.15) is 73.5 Å². The summed E-state index contributed by atoms with van der Waals surface area (Å²) in [5.41, 5.74) is 6.71. The molecule has 1 saturated heterocycles. The molecule has 0 aliphatic carbocycles. The van der Waals surface area contributed by atoms with Crippen molar-refractivity contribution < 1.29 is 0 Å². The average molecular weight is 383 g/mol. The van der Waals surface area contributed by atoms with Gasteiger partial charge in [0.15, 0.2) is 5.17 Å². The molecule has 4 heterocycles. The zero-order valence-electron chi connectivity index (χ0n) is 17.2. The molecule has 0 radical (unpaired) electrons. The number of aromatic nitrogens is 2. The molecule has 2 aliphatic rings. The van der Waals surface area contributed by atoms with Crippen molar-refractivity contribution in [1.82, 2.24) is 14.5 Å². The molecule has 1 fully saturated rings. The van der Waals surface area contributed by atoms with E-state index in [1.54, 1.807) is 0 Å². The Kier molecular flexibility index (Phi) is 4.83. The Morgan fingerprint density at radius 2 is 1.96 bits per heavy atom. The molecule has 2 aromatic heterocycles. The molecule has 27 heavy (non-hydrogen) atoms. The Hall–Kier alpha value is -1.75. The number of pyridine rings is 1. The molecule has 3 atom stereocenters.